The molecule has 0 saturated carbocycles. The van der Waals surface area contributed by atoms with E-state index >= 15 is 0 Å². The highest BCUT2D eigenvalue weighted by atomic mass is 15.5. The van der Waals surface area contributed by atoms with Crippen molar-refractivity contribution >= 4 is 0 Å². The first kappa shape index (κ1) is 16.9. The summed E-state index contributed by atoms with van der Waals surface area (Å²) in [7, 11) is 0. The maximum absolute atomic E-state index is 5.56. The van der Waals surface area contributed by atoms with Gasteiger partial charge in [0.1, 0.15) is 0 Å². The Balaban J connectivity index is 3.95. The van der Waals surface area contributed by atoms with E-state index in [0.29, 0.717) is 12.6 Å². The molecule has 0 bridgehead atoms. The van der Waals surface area contributed by atoms with Crippen LogP contribution in [0.3, 0.4) is 0 Å². The maximum Gasteiger partial charge on any atom is 0.0240 e. The van der Waals surface area contributed by atoms with Gasteiger partial charge in [-0.3, -0.25) is 5.43 Å². The second-order valence-electron chi connectivity index (χ2n) is 4.66. The standard InChI is InChI=1S/C14H32N3/c1-4-7-8-9-10-14(6-3)17(13-5-2)16-12-11-15/h14,16H,1,4-13,15H2,2-3H3. The van der Waals surface area contributed by atoms with Gasteiger partial charge in [-0.2, -0.15) is 0 Å². The van der Waals surface area contributed by atoms with Crippen molar-refractivity contribution in [3.63, 3.8) is 0 Å². The van der Waals surface area contributed by atoms with E-state index in [4.69, 9.17) is 5.73 Å². The number of nitrogens with two attached hydrogens (primary N) is 1. The van der Waals surface area contributed by atoms with E-state index in [2.05, 4.69) is 31.2 Å². The van der Waals surface area contributed by atoms with Gasteiger partial charge >= 0.3 is 0 Å². The molecule has 0 aromatic rings. The van der Waals surface area contributed by atoms with Crippen molar-refractivity contribution in [2.24, 2.45) is 5.73 Å². The van der Waals surface area contributed by atoms with Gasteiger partial charge in [0.2, 0.25) is 0 Å². The normalized spacial score (nSPS) is 13.2. The number of rotatable bonds is 12. The Morgan fingerprint density at radius 2 is 2.00 bits per heavy atom. The van der Waals surface area contributed by atoms with Crippen LogP contribution in [-0.4, -0.2) is 30.7 Å². The minimum absolute atomic E-state index is 0.659. The monoisotopic (exact) mass is 242 g/mol. The lowest BCUT2D eigenvalue weighted by Crippen LogP contribution is -2.47. The Kier molecular flexibility index (Phi) is 12.3. The van der Waals surface area contributed by atoms with E-state index < -0.39 is 0 Å². The van der Waals surface area contributed by atoms with E-state index in [1.165, 1.54) is 38.5 Å². The van der Waals surface area contributed by atoms with Crippen molar-refractivity contribution in [3.05, 3.63) is 6.92 Å². The summed E-state index contributed by atoms with van der Waals surface area (Å²) in [6.45, 7) is 11.1. The number of nitrogens with one attached hydrogen (secondary N) is 1. The molecule has 1 atom stereocenters. The van der Waals surface area contributed by atoms with E-state index in [1.807, 2.05) is 0 Å². The van der Waals surface area contributed by atoms with Gasteiger partial charge < -0.3 is 5.73 Å². The Labute approximate surface area is 108 Å². The zero-order valence-electron chi connectivity index (χ0n) is 11.9. The van der Waals surface area contributed by atoms with E-state index in [1.54, 1.807) is 0 Å². The van der Waals surface area contributed by atoms with Gasteiger partial charge in [0.25, 0.3) is 0 Å². The molecule has 0 spiro atoms. The Hall–Kier alpha value is -0.120. The van der Waals surface area contributed by atoms with Crippen LogP contribution >= 0.6 is 0 Å². The quantitative estimate of drug-likeness (QED) is 0.408. The number of nitrogens with zero attached hydrogens (tertiary/aromatic N) is 1. The SMILES string of the molecule is [CH2]CCCCCC(CC)N(CCC)NCCN. The average molecular weight is 242 g/mol. The van der Waals surface area contributed by atoms with Crippen LogP contribution in [0.5, 0.6) is 0 Å². The van der Waals surface area contributed by atoms with Gasteiger partial charge in [0.05, 0.1) is 0 Å². The summed E-state index contributed by atoms with van der Waals surface area (Å²) in [4.78, 5) is 0. The lowest BCUT2D eigenvalue weighted by Gasteiger charge is -2.31. The van der Waals surface area contributed by atoms with Crippen LogP contribution in [0.4, 0.5) is 0 Å². The number of hydrogen-bond acceptors (Lipinski definition) is 3. The van der Waals surface area contributed by atoms with Gasteiger partial charge in [-0.05, 0) is 19.3 Å². The molecule has 0 aliphatic carbocycles. The molecule has 103 valence electrons. The first-order valence-corrected chi connectivity index (χ1v) is 7.29. The Morgan fingerprint density at radius 1 is 1.24 bits per heavy atom. The van der Waals surface area contributed by atoms with Crippen molar-refractivity contribution in [1.82, 2.24) is 10.4 Å². The zero-order valence-corrected chi connectivity index (χ0v) is 11.9. The summed E-state index contributed by atoms with van der Waals surface area (Å²) in [6.07, 6.45) is 8.65. The highest BCUT2D eigenvalue weighted by Gasteiger charge is 2.14. The molecule has 0 fully saturated rings. The Bertz CT molecular complexity index is 150. The molecule has 17 heavy (non-hydrogen) atoms. The van der Waals surface area contributed by atoms with Gasteiger partial charge in [0.15, 0.2) is 0 Å². The molecule has 0 aromatic heterocycles. The average Bonchev–Trinajstić information content (AvgIpc) is 2.35. The lowest BCUT2D eigenvalue weighted by atomic mass is 10.0. The smallest absolute Gasteiger partial charge is 0.0240 e. The first-order chi connectivity index (χ1) is 8.29. The molecule has 0 aromatic carbocycles. The summed E-state index contributed by atoms with van der Waals surface area (Å²) >= 11 is 0. The third-order valence-electron chi connectivity index (χ3n) is 3.12. The molecule has 0 heterocycles. The predicted molar refractivity (Wildman–Crippen MR) is 76.6 cm³/mol. The molecule has 3 heteroatoms. The topological polar surface area (TPSA) is 41.3 Å². The summed E-state index contributed by atoms with van der Waals surface area (Å²) in [5.74, 6) is 0. The minimum Gasteiger partial charge on any atom is -0.329 e. The molecule has 0 aliphatic rings. The largest absolute Gasteiger partial charge is 0.329 e. The molecule has 3 nitrogen and oxygen atoms in total. The van der Waals surface area contributed by atoms with Gasteiger partial charge in [-0.15, -0.1) is 0 Å². The van der Waals surface area contributed by atoms with Gasteiger partial charge in [-0.1, -0.05) is 46.5 Å². The van der Waals surface area contributed by atoms with Crippen molar-refractivity contribution in [2.75, 3.05) is 19.6 Å². The van der Waals surface area contributed by atoms with Crippen LogP contribution in [-0.2, 0) is 0 Å². The molecular weight excluding hydrogens is 210 g/mol. The van der Waals surface area contributed by atoms with Crippen molar-refractivity contribution < 1.29 is 0 Å². The van der Waals surface area contributed by atoms with Crippen LogP contribution in [0.2, 0.25) is 0 Å². The summed E-state index contributed by atoms with van der Waals surface area (Å²) in [5, 5.41) is 2.40. The number of hydrazine groups is 1. The summed E-state index contributed by atoms with van der Waals surface area (Å²) in [5.41, 5.74) is 9.02. The van der Waals surface area contributed by atoms with Gasteiger partial charge in [0, 0.05) is 25.7 Å². The third-order valence-corrected chi connectivity index (χ3v) is 3.12. The zero-order chi connectivity index (χ0) is 12.9. The third kappa shape index (κ3) is 8.58. The molecule has 0 rings (SSSR count). The van der Waals surface area contributed by atoms with Crippen LogP contribution < -0.4 is 11.2 Å². The molecule has 3 N–H and O–H groups in total. The molecular formula is C14H32N3. The summed E-state index contributed by atoms with van der Waals surface area (Å²) < 4.78 is 0. The van der Waals surface area contributed by atoms with Crippen LogP contribution in [0.25, 0.3) is 0 Å². The fourth-order valence-electron chi connectivity index (χ4n) is 2.15. The van der Waals surface area contributed by atoms with Crippen LogP contribution in [0.1, 0.15) is 58.8 Å². The highest BCUT2D eigenvalue weighted by molar-refractivity contribution is 4.67. The summed E-state index contributed by atoms with van der Waals surface area (Å²) in [6, 6.07) is 0.659. The van der Waals surface area contributed by atoms with Crippen LogP contribution in [0.15, 0.2) is 0 Å². The lowest BCUT2D eigenvalue weighted by molar-refractivity contribution is 0.112. The predicted octanol–water partition coefficient (Wildman–Crippen LogP) is 2.72. The first-order valence-electron chi connectivity index (χ1n) is 7.29. The molecule has 0 aliphatic heterocycles. The van der Waals surface area contributed by atoms with Gasteiger partial charge in [-0.25, -0.2) is 5.01 Å². The second kappa shape index (κ2) is 12.3. The van der Waals surface area contributed by atoms with E-state index in [-0.39, 0.29) is 0 Å². The van der Waals surface area contributed by atoms with E-state index in [9.17, 15) is 0 Å². The Morgan fingerprint density at radius 3 is 2.53 bits per heavy atom. The minimum atomic E-state index is 0.659. The molecule has 0 saturated heterocycles. The van der Waals surface area contributed by atoms with Crippen molar-refractivity contribution in [1.29, 1.82) is 0 Å². The number of hydrogen-bond donors (Lipinski definition) is 2. The van der Waals surface area contributed by atoms with Crippen molar-refractivity contribution in [3.8, 4) is 0 Å². The van der Waals surface area contributed by atoms with E-state index in [0.717, 1.165) is 19.5 Å². The molecule has 0 amide bonds. The van der Waals surface area contributed by atoms with Crippen LogP contribution in [0, 0.1) is 6.92 Å². The molecule has 1 unspecified atom stereocenters. The maximum atomic E-state index is 5.56. The fourth-order valence-corrected chi connectivity index (χ4v) is 2.15. The second-order valence-corrected chi connectivity index (χ2v) is 4.66. The number of unbranched alkanes of at least 4 members (excludes halogenated alkanes) is 3. The van der Waals surface area contributed by atoms with Crippen molar-refractivity contribution in [2.45, 2.75) is 64.8 Å². The molecule has 1 radical (unpaired) electrons. The highest BCUT2D eigenvalue weighted by Crippen LogP contribution is 2.12. The fraction of sp³-hybridized carbons (Fsp3) is 0.929.